The second kappa shape index (κ2) is 5.06. The molecule has 16 heavy (non-hydrogen) atoms. The molecule has 2 heterocycles. The highest BCUT2D eigenvalue weighted by molar-refractivity contribution is 5.75. The highest BCUT2D eigenvalue weighted by Gasteiger charge is 2.02. The lowest BCUT2D eigenvalue weighted by Crippen LogP contribution is -2.29. The van der Waals surface area contributed by atoms with Gasteiger partial charge < -0.3 is 10.3 Å². The van der Waals surface area contributed by atoms with Gasteiger partial charge >= 0.3 is 0 Å². The van der Waals surface area contributed by atoms with Crippen LogP contribution in [0.1, 0.15) is 5.69 Å². The Morgan fingerprint density at radius 1 is 1.56 bits per heavy atom. The molecule has 0 bridgehead atoms. The maximum absolute atomic E-state index is 11.4. The zero-order valence-electron chi connectivity index (χ0n) is 8.63. The van der Waals surface area contributed by atoms with Gasteiger partial charge in [-0.25, -0.2) is 9.67 Å². The van der Waals surface area contributed by atoms with E-state index in [0.29, 0.717) is 6.54 Å². The summed E-state index contributed by atoms with van der Waals surface area (Å²) in [7, 11) is 0. The van der Waals surface area contributed by atoms with Crippen LogP contribution < -0.4 is 5.32 Å². The van der Waals surface area contributed by atoms with Crippen LogP contribution >= 0.6 is 0 Å². The van der Waals surface area contributed by atoms with Gasteiger partial charge in [0.05, 0.1) is 12.5 Å². The highest BCUT2D eigenvalue weighted by atomic mass is 16.2. The molecule has 0 aliphatic carbocycles. The third-order valence-electron chi connectivity index (χ3n) is 2.05. The maximum atomic E-state index is 11.4. The van der Waals surface area contributed by atoms with Gasteiger partial charge in [0, 0.05) is 31.1 Å². The van der Waals surface area contributed by atoms with Crippen LogP contribution in [0.2, 0.25) is 0 Å². The van der Waals surface area contributed by atoms with Crippen LogP contribution in [0.15, 0.2) is 24.9 Å². The topological polar surface area (TPSA) is 88.5 Å². The number of nitrogens with zero attached hydrogens (tertiary/aromatic N) is 4. The van der Waals surface area contributed by atoms with E-state index in [0.717, 1.165) is 12.1 Å². The molecule has 2 aromatic rings. The number of H-pyrrole nitrogens is 1. The number of rotatable bonds is 5. The predicted octanol–water partition coefficient (Wildman–Crippen LogP) is -0.640. The fourth-order valence-corrected chi connectivity index (χ4v) is 1.28. The van der Waals surface area contributed by atoms with Gasteiger partial charge in [-0.1, -0.05) is 5.21 Å². The van der Waals surface area contributed by atoms with E-state index >= 15 is 0 Å². The lowest BCUT2D eigenvalue weighted by molar-refractivity contribution is -0.121. The predicted molar refractivity (Wildman–Crippen MR) is 55.3 cm³/mol. The molecule has 0 aliphatic rings. The maximum Gasteiger partial charge on any atom is 0.241 e. The first-order valence-corrected chi connectivity index (χ1v) is 4.92. The molecule has 84 valence electrons. The largest absolute Gasteiger partial charge is 0.354 e. The van der Waals surface area contributed by atoms with E-state index in [1.807, 2.05) is 0 Å². The number of hydrogen-bond donors (Lipinski definition) is 2. The quantitative estimate of drug-likeness (QED) is 0.701. The zero-order valence-corrected chi connectivity index (χ0v) is 8.63. The van der Waals surface area contributed by atoms with Crippen molar-refractivity contribution in [3.63, 3.8) is 0 Å². The molecular weight excluding hydrogens is 208 g/mol. The van der Waals surface area contributed by atoms with Gasteiger partial charge in [-0.3, -0.25) is 4.79 Å². The normalized spacial score (nSPS) is 10.2. The summed E-state index contributed by atoms with van der Waals surface area (Å²) in [5, 5.41) is 10.1. The molecule has 2 N–H and O–H groups in total. The number of aromatic amines is 1. The van der Waals surface area contributed by atoms with E-state index in [4.69, 9.17) is 0 Å². The second-order valence-corrected chi connectivity index (χ2v) is 3.28. The monoisotopic (exact) mass is 220 g/mol. The van der Waals surface area contributed by atoms with Gasteiger partial charge in [0.2, 0.25) is 5.91 Å². The van der Waals surface area contributed by atoms with Crippen molar-refractivity contribution >= 4 is 5.91 Å². The fourth-order valence-electron chi connectivity index (χ4n) is 1.28. The molecule has 7 heteroatoms. The Morgan fingerprint density at radius 2 is 2.50 bits per heavy atom. The number of aromatic nitrogens is 5. The molecule has 0 saturated heterocycles. The summed E-state index contributed by atoms with van der Waals surface area (Å²) in [6.07, 6.45) is 7.28. The van der Waals surface area contributed by atoms with E-state index in [-0.39, 0.29) is 12.5 Å². The van der Waals surface area contributed by atoms with Crippen LogP contribution in [0.5, 0.6) is 0 Å². The molecule has 0 fully saturated rings. The molecule has 0 aromatic carbocycles. The van der Waals surface area contributed by atoms with Crippen LogP contribution in [-0.4, -0.2) is 37.4 Å². The number of carbonyl (C=O) groups excluding carboxylic acids is 1. The first kappa shape index (κ1) is 10.3. The average Bonchev–Trinajstić information content (AvgIpc) is 2.90. The molecular formula is C9H12N6O. The van der Waals surface area contributed by atoms with Gasteiger partial charge in [0.1, 0.15) is 6.54 Å². The Bertz CT molecular complexity index is 421. The highest BCUT2D eigenvalue weighted by Crippen LogP contribution is 1.90. The summed E-state index contributed by atoms with van der Waals surface area (Å²) in [5.41, 5.74) is 1.00. The molecule has 0 unspecified atom stereocenters. The zero-order chi connectivity index (χ0) is 11.2. The minimum atomic E-state index is -0.0787. The lowest BCUT2D eigenvalue weighted by atomic mass is 10.3. The summed E-state index contributed by atoms with van der Waals surface area (Å²) in [6, 6.07) is 0. The van der Waals surface area contributed by atoms with Crippen molar-refractivity contribution in [2.45, 2.75) is 13.0 Å². The number of hydrogen-bond acceptors (Lipinski definition) is 4. The van der Waals surface area contributed by atoms with Gasteiger partial charge in [-0.15, -0.1) is 5.10 Å². The standard InChI is InChI=1S/C9H12N6O/c16-9(6-15-4-3-13-14-15)11-2-1-8-5-10-7-12-8/h3-5,7H,1-2,6H2,(H,10,12)(H,11,16). The van der Waals surface area contributed by atoms with Crippen molar-refractivity contribution < 1.29 is 4.79 Å². The van der Waals surface area contributed by atoms with E-state index in [1.165, 1.54) is 10.9 Å². The van der Waals surface area contributed by atoms with Gasteiger partial charge in [-0.2, -0.15) is 0 Å². The average molecular weight is 220 g/mol. The van der Waals surface area contributed by atoms with Crippen molar-refractivity contribution in [1.29, 1.82) is 0 Å². The third-order valence-corrected chi connectivity index (χ3v) is 2.05. The Hall–Kier alpha value is -2.18. The molecule has 7 nitrogen and oxygen atoms in total. The van der Waals surface area contributed by atoms with Gasteiger partial charge in [-0.05, 0) is 0 Å². The summed E-state index contributed by atoms with van der Waals surface area (Å²) in [4.78, 5) is 18.3. The number of carbonyl (C=O) groups is 1. The first-order chi connectivity index (χ1) is 7.84. The van der Waals surface area contributed by atoms with Crippen molar-refractivity contribution in [2.75, 3.05) is 6.54 Å². The van der Waals surface area contributed by atoms with Crippen molar-refractivity contribution in [2.24, 2.45) is 0 Å². The van der Waals surface area contributed by atoms with Crippen LogP contribution in [0.25, 0.3) is 0 Å². The SMILES string of the molecule is O=C(Cn1ccnn1)NCCc1cnc[nH]1. The number of imidazole rings is 1. The van der Waals surface area contributed by atoms with E-state index in [2.05, 4.69) is 25.6 Å². The summed E-state index contributed by atoms with van der Waals surface area (Å²) < 4.78 is 1.48. The molecule has 0 aliphatic heterocycles. The Morgan fingerprint density at radius 3 is 3.19 bits per heavy atom. The smallest absolute Gasteiger partial charge is 0.241 e. The molecule has 2 rings (SSSR count). The lowest BCUT2D eigenvalue weighted by Gasteiger charge is -2.03. The van der Waals surface area contributed by atoms with Crippen molar-refractivity contribution in [3.8, 4) is 0 Å². The Labute approximate surface area is 91.9 Å². The van der Waals surface area contributed by atoms with Crippen LogP contribution in [0.3, 0.4) is 0 Å². The van der Waals surface area contributed by atoms with Crippen molar-refractivity contribution in [3.05, 3.63) is 30.6 Å². The summed E-state index contributed by atoms with van der Waals surface area (Å²) >= 11 is 0. The molecule has 0 spiro atoms. The minimum Gasteiger partial charge on any atom is -0.354 e. The van der Waals surface area contributed by atoms with Crippen LogP contribution in [0, 0.1) is 0 Å². The van der Waals surface area contributed by atoms with Gasteiger partial charge in [0.15, 0.2) is 0 Å². The molecule has 0 saturated carbocycles. The van der Waals surface area contributed by atoms with E-state index in [1.54, 1.807) is 18.7 Å². The second-order valence-electron chi connectivity index (χ2n) is 3.28. The van der Waals surface area contributed by atoms with Crippen LogP contribution in [0.4, 0.5) is 0 Å². The molecule has 0 radical (unpaired) electrons. The summed E-state index contributed by atoms with van der Waals surface area (Å²) in [6.45, 7) is 0.776. The van der Waals surface area contributed by atoms with Crippen LogP contribution in [-0.2, 0) is 17.8 Å². The molecule has 2 aromatic heterocycles. The fraction of sp³-hybridized carbons (Fsp3) is 0.333. The summed E-state index contributed by atoms with van der Waals surface area (Å²) in [5.74, 6) is -0.0787. The third kappa shape index (κ3) is 2.91. The Balaban J connectivity index is 1.68. The van der Waals surface area contributed by atoms with E-state index in [9.17, 15) is 4.79 Å². The number of nitrogens with one attached hydrogen (secondary N) is 2. The van der Waals surface area contributed by atoms with Gasteiger partial charge in [0.25, 0.3) is 0 Å². The Kier molecular flexibility index (Phi) is 3.27. The number of amides is 1. The minimum absolute atomic E-state index is 0.0787. The molecule has 1 amide bonds. The first-order valence-electron chi connectivity index (χ1n) is 4.92. The van der Waals surface area contributed by atoms with E-state index < -0.39 is 0 Å². The molecule has 0 atom stereocenters. The van der Waals surface area contributed by atoms with Crippen molar-refractivity contribution in [1.82, 2.24) is 30.3 Å².